The molecule has 3 rings (SSSR count). The minimum atomic E-state index is -0.0979. The fraction of sp³-hybridized carbons (Fsp3) is 0.435. The van der Waals surface area contributed by atoms with Crippen molar-refractivity contribution >= 4 is 17.6 Å². The van der Waals surface area contributed by atoms with Crippen molar-refractivity contribution in [2.45, 2.75) is 26.2 Å². The van der Waals surface area contributed by atoms with Crippen LogP contribution in [0.2, 0.25) is 0 Å². The predicted octanol–water partition coefficient (Wildman–Crippen LogP) is 2.99. The Labute approximate surface area is 172 Å². The standard InChI is InChI=1S/C23H30N4O2/c1-17-6-5-13-27(16-17)21-15-19(10-12-24-21)22(28)25-11-9-18-7-4-8-20(14-18)23(29)26(2)3/h4,7-8,10,12,14-15,17H,5-6,9,11,13,16H2,1-3H3,(H,25,28)/t17-/m1/s1. The molecular weight excluding hydrogens is 364 g/mol. The Kier molecular flexibility index (Phi) is 6.86. The van der Waals surface area contributed by atoms with E-state index in [0.717, 1.165) is 30.9 Å². The van der Waals surface area contributed by atoms with Gasteiger partial charge >= 0.3 is 0 Å². The number of amides is 2. The molecule has 29 heavy (non-hydrogen) atoms. The third kappa shape index (κ3) is 5.56. The van der Waals surface area contributed by atoms with Crippen molar-refractivity contribution in [2.75, 3.05) is 38.6 Å². The maximum Gasteiger partial charge on any atom is 0.253 e. The Balaban J connectivity index is 1.57. The molecule has 2 aromatic rings. The van der Waals surface area contributed by atoms with Crippen LogP contribution in [0.15, 0.2) is 42.6 Å². The molecule has 1 aliphatic heterocycles. The summed E-state index contributed by atoms with van der Waals surface area (Å²) in [5.74, 6) is 1.41. The molecule has 1 aromatic carbocycles. The van der Waals surface area contributed by atoms with Crippen LogP contribution in [-0.2, 0) is 6.42 Å². The Morgan fingerprint density at radius 2 is 2.03 bits per heavy atom. The molecule has 0 radical (unpaired) electrons. The Hall–Kier alpha value is -2.89. The lowest BCUT2D eigenvalue weighted by Crippen LogP contribution is -2.35. The zero-order valence-corrected chi connectivity index (χ0v) is 17.5. The number of pyridine rings is 1. The smallest absolute Gasteiger partial charge is 0.253 e. The van der Waals surface area contributed by atoms with Crippen molar-refractivity contribution in [3.8, 4) is 0 Å². The predicted molar refractivity (Wildman–Crippen MR) is 115 cm³/mol. The van der Waals surface area contributed by atoms with Crippen LogP contribution in [0.5, 0.6) is 0 Å². The molecule has 0 aliphatic carbocycles. The van der Waals surface area contributed by atoms with E-state index < -0.39 is 0 Å². The molecule has 1 aromatic heterocycles. The summed E-state index contributed by atoms with van der Waals surface area (Å²) in [5, 5.41) is 2.98. The van der Waals surface area contributed by atoms with Gasteiger partial charge in [-0.15, -0.1) is 0 Å². The van der Waals surface area contributed by atoms with Crippen LogP contribution in [0, 0.1) is 5.92 Å². The van der Waals surface area contributed by atoms with Gasteiger partial charge in [0.05, 0.1) is 0 Å². The number of piperidine rings is 1. The molecule has 1 N–H and O–H groups in total. The van der Waals surface area contributed by atoms with Crippen molar-refractivity contribution in [3.63, 3.8) is 0 Å². The minimum absolute atomic E-state index is 0.0211. The monoisotopic (exact) mass is 394 g/mol. The Morgan fingerprint density at radius 3 is 2.79 bits per heavy atom. The minimum Gasteiger partial charge on any atom is -0.356 e. The van der Waals surface area contributed by atoms with E-state index in [1.165, 1.54) is 6.42 Å². The number of carbonyl (C=O) groups excluding carboxylic acids is 2. The van der Waals surface area contributed by atoms with E-state index in [0.29, 0.717) is 30.0 Å². The van der Waals surface area contributed by atoms with Crippen LogP contribution in [0.25, 0.3) is 0 Å². The van der Waals surface area contributed by atoms with Gasteiger partial charge in [0, 0.05) is 51.1 Å². The molecule has 1 atom stereocenters. The zero-order chi connectivity index (χ0) is 20.8. The van der Waals surface area contributed by atoms with E-state index in [9.17, 15) is 9.59 Å². The van der Waals surface area contributed by atoms with Crippen molar-refractivity contribution in [1.82, 2.24) is 15.2 Å². The highest BCUT2D eigenvalue weighted by Gasteiger charge is 2.18. The lowest BCUT2D eigenvalue weighted by Gasteiger charge is -2.31. The van der Waals surface area contributed by atoms with Crippen molar-refractivity contribution in [3.05, 3.63) is 59.3 Å². The van der Waals surface area contributed by atoms with Crippen molar-refractivity contribution in [2.24, 2.45) is 5.92 Å². The summed E-state index contributed by atoms with van der Waals surface area (Å²) in [5.41, 5.74) is 2.31. The molecule has 1 saturated heterocycles. The molecule has 0 unspecified atom stereocenters. The Morgan fingerprint density at radius 1 is 1.21 bits per heavy atom. The molecule has 0 spiro atoms. The largest absolute Gasteiger partial charge is 0.356 e. The number of benzene rings is 1. The zero-order valence-electron chi connectivity index (χ0n) is 17.5. The molecular formula is C23H30N4O2. The van der Waals surface area contributed by atoms with E-state index in [1.54, 1.807) is 31.3 Å². The summed E-state index contributed by atoms with van der Waals surface area (Å²) in [6, 6.07) is 11.2. The van der Waals surface area contributed by atoms with Gasteiger partial charge in [0.15, 0.2) is 0 Å². The average Bonchev–Trinajstić information content (AvgIpc) is 2.73. The highest BCUT2D eigenvalue weighted by atomic mass is 16.2. The first kappa shape index (κ1) is 20.8. The van der Waals surface area contributed by atoms with E-state index in [1.807, 2.05) is 30.3 Å². The lowest BCUT2D eigenvalue weighted by molar-refractivity contribution is 0.0827. The number of anilines is 1. The second-order valence-corrected chi connectivity index (χ2v) is 8.00. The number of hydrogen-bond donors (Lipinski definition) is 1. The molecule has 2 amide bonds. The van der Waals surface area contributed by atoms with Gasteiger partial charge in [-0.05, 0) is 55.0 Å². The maximum atomic E-state index is 12.6. The van der Waals surface area contributed by atoms with Gasteiger partial charge in [0.25, 0.3) is 11.8 Å². The van der Waals surface area contributed by atoms with Crippen LogP contribution in [0.3, 0.4) is 0 Å². The molecule has 1 aliphatic rings. The third-order valence-corrected chi connectivity index (χ3v) is 5.27. The topological polar surface area (TPSA) is 65.5 Å². The third-order valence-electron chi connectivity index (χ3n) is 5.27. The molecule has 154 valence electrons. The van der Waals surface area contributed by atoms with E-state index in [2.05, 4.69) is 22.1 Å². The molecule has 6 heteroatoms. The maximum absolute atomic E-state index is 12.6. The normalized spacial score (nSPS) is 16.4. The van der Waals surface area contributed by atoms with Crippen LogP contribution < -0.4 is 10.2 Å². The number of nitrogens with one attached hydrogen (secondary N) is 1. The van der Waals surface area contributed by atoms with Crippen LogP contribution >= 0.6 is 0 Å². The van der Waals surface area contributed by atoms with Gasteiger partial charge in [-0.3, -0.25) is 9.59 Å². The second kappa shape index (κ2) is 9.54. The molecule has 0 bridgehead atoms. The number of hydrogen-bond acceptors (Lipinski definition) is 4. The van der Waals surface area contributed by atoms with E-state index >= 15 is 0 Å². The lowest BCUT2D eigenvalue weighted by atomic mass is 10.0. The highest BCUT2D eigenvalue weighted by Crippen LogP contribution is 2.21. The number of aromatic nitrogens is 1. The van der Waals surface area contributed by atoms with Crippen LogP contribution in [-0.4, -0.2) is 55.4 Å². The molecule has 1 fully saturated rings. The summed E-state index contributed by atoms with van der Waals surface area (Å²) >= 11 is 0. The van der Waals surface area contributed by atoms with Gasteiger partial charge in [0.1, 0.15) is 5.82 Å². The Bertz CT molecular complexity index is 865. The van der Waals surface area contributed by atoms with Gasteiger partial charge in [-0.2, -0.15) is 0 Å². The van der Waals surface area contributed by atoms with E-state index in [4.69, 9.17) is 0 Å². The van der Waals surface area contributed by atoms with Gasteiger partial charge in [0.2, 0.25) is 0 Å². The number of rotatable bonds is 6. The van der Waals surface area contributed by atoms with Gasteiger partial charge < -0.3 is 15.1 Å². The van der Waals surface area contributed by atoms with Crippen molar-refractivity contribution < 1.29 is 9.59 Å². The summed E-state index contributed by atoms with van der Waals surface area (Å²) in [6.45, 7) is 4.74. The molecule has 6 nitrogen and oxygen atoms in total. The summed E-state index contributed by atoms with van der Waals surface area (Å²) in [6.07, 6.45) is 4.79. The first-order valence-electron chi connectivity index (χ1n) is 10.2. The summed E-state index contributed by atoms with van der Waals surface area (Å²) in [4.78, 5) is 33.0. The van der Waals surface area contributed by atoms with Gasteiger partial charge in [-0.1, -0.05) is 19.1 Å². The van der Waals surface area contributed by atoms with Crippen molar-refractivity contribution in [1.29, 1.82) is 0 Å². The highest BCUT2D eigenvalue weighted by molar-refractivity contribution is 5.95. The number of nitrogens with zero attached hydrogens (tertiary/aromatic N) is 3. The van der Waals surface area contributed by atoms with E-state index in [-0.39, 0.29) is 11.8 Å². The summed E-state index contributed by atoms with van der Waals surface area (Å²) < 4.78 is 0. The summed E-state index contributed by atoms with van der Waals surface area (Å²) in [7, 11) is 3.48. The fourth-order valence-electron chi connectivity index (χ4n) is 3.67. The van der Waals surface area contributed by atoms with Gasteiger partial charge in [-0.25, -0.2) is 4.98 Å². The molecule has 0 saturated carbocycles. The quantitative estimate of drug-likeness (QED) is 0.818. The first-order chi connectivity index (χ1) is 13.9. The van der Waals surface area contributed by atoms with Crippen LogP contribution in [0.1, 0.15) is 46.0 Å². The SMILES string of the molecule is C[C@@H]1CCCN(c2cc(C(=O)NCCc3cccc(C(=O)N(C)C)c3)ccn2)C1. The fourth-order valence-corrected chi connectivity index (χ4v) is 3.67. The molecule has 2 heterocycles. The second-order valence-electron chi connectivity index (χ2n) is 8.00. The number of carbonyl (C=O) groups is 2. The van der Waals surface area contributed by atoms with Crippen LogP contribution in [0.4, 0.5) is 5.82 Å². The average molecular weight is 395 g/mol. The first-order valence-corrected chi connectivity index (χ1v) is 10.2.